The second kappa shape index (κ2) is 6.20. The van der Waals surface area contributed by atoms with Crippen molar-refractivity contribution in [3.8, 4) is 0 Å². The number of nitrogens with one attached hydrogen (secondary N) is 1. The SMILES string of the molecule is CC(C)CCCNc1ccc(I)cc1N. The summed E-state index contributed by atoms with van der Waals surface area (Å²) in [6.45, 7) is 5.50. The number of rotatable bonds is 5. The van der Waals surface area contributed by atoms with Gasteiger partial charge in [0.2, 0.25) is 0 Å². The Hall–Kier alpha value is -0.450. The highest BCUT2D eigenvalue weighted by molar-refractivity contribution is 14.1. The molecule has 0 fully saturated rings. The largest absolute Gasteiger partial charge is 0.397 e. The molecule has 15 heavy (non-hydrogen) atoms. The van der Waals surface area contributed by atoms with Crippen molar-refractivity contribution < 1.29 is 0 Å². The van der Waals surface area contributed by atoms with Crippen LogP contribution in [0.5, 0.6) is 0 Å². The van der Waals surface area contributed by atoms with Crippen LogP contribution in [0.25, 0.3) is 0 Å². The zero-order valence-electron chi connectivity index (χ0n) is 9.39. The molecule has 0 unspecified atom stereocenters. The Balaban J connectivity index is 2.37. The summed E-state index contributed by atoms with van der Waals surface area (Å²) in [5.41, 5.74) is 7.79. The van der Waals surface area contributed by atoms with Crippen molar-refractivity contribution in [2.24, 2.45) is 5.92 Å². The van der Waals surface area contributed by atoms with Gasteiger partial charge in [0.05, 0.1) is 11.4 Å². The molecule has 0 radical (unpaired) electrons. The third-order valence-electron chi connectivity index (χ3n) is 2.29. The van der Waals surface area contributed by atoms with Gasteiger partial charge in [-0.1, -0.05) is 13.8 Å². The van der Waals surface area contributed by atoms with E-state index < -0.39 is 0 Å². The maximum absolute atomic E-state index is 5.90. The molecule has 1 aromatic carbocycles. The first-order valence-corrected chi connectivity index (χ1v) is 6.46. The molecule has 0 aliphatic carbocycles. The van der Waals surface area contributed by atoms with Crippen LogP contribution in [0.15, 0.2) is 18.2 Å². The zero-order chi connectivity index (χ0) is 11.3. The molecule has 3 heteroatoms. The van der Waals surface area contributed by atoms with Crippen LogP contribution in [0.2, 0.25) is 0 Å². The van der Waals surface area contributed by atoms with E-state index in [0.29, 0.717) is 0 Å². The fourth-order valence-corrected chi connectivity index (χ4v) is 1.94. The summed E-state index contributed by atoms with van der Waals surface area (Å²) in [7, 11) is 0. The van der Waals surface area contributed by atoms with Crippen LogP contribution in [-0.2, 0) is 0 Å². The predicted octanol–water partition coefficient (Wildman–Crippen LogP) is 3.72. The van der Waals surface area contributed by atoms with Crippen molar-refractivity contribution in [2.75, 3.05) is 17.6 Å². The van der Waals surface area contributed by atoms with Gasteiger partial charge >= 0.3 is 0 Å². The Kier molecular flexibility index (Phi) is 5.22. The van der Waals surface area contributed by atoms with E-state index in [0.717, 1.165) is 23.8 Å². The second-order valence-corrected chi connectivity index (χ2v) is 5.44. The monoisotopic (exact) mass is 318 g/mol. The van der Waals surface area contributed by atoms with Crippen molar-refractivity contribution >= 4 is 34.0 Å². The minimum Gasteiger partial charge on any atom is -0.397 e. The van der Waals surface area contributed by atoms with E-state index in [4.69, 9.17) is 5.73 Å². The second-order valence-electron chi connectivity index (χ2n) is 4.19. The number of halogens is 1. The van der Waals surface area contributed by atoms with Crippen LogP contribution >= 0.6 is 22.6 Å². The molecule has 0 aliphatic heterocycles. The van der Waals surface area contributed by atoms with Crippen molar-refractivity contribution in [1.82, 2.24) is 0 Å². The molecule has 2 nitrogen and oxygen atoms in total. The molecule has 0 bridgehead atoms. The standard InChI is InChI=1S/C12H19IN2/c1-9(2)4-3-7-15-12-6-5-10(13)8-11(12)14/h5-6,8-9,15H,3-4,7,14H2,1-2H3. The van der Waals surface area contributed by atoms with Crippen LogP contribution in [0.4, 0.5) is 11.4 Å². The first kappa shape index (κ1) is 12.6. The summed E-state index contributed by atoms with van der Waals surface area (Å²) in [4.78, 5) is 0. The normalized spacial score (nSPS) is 10.7. The summed E-state index contributed by atoms with van der Waals surface area (Å²) in [5, 5.41) is 3.37. The van der Waals surface area contributed by atoms with E-state index in [1.165, 1.54) is 16.4 Å². The number of hydrogen-bond acceptors (Lipinski definition) is 2. The average Bonchev–Trinajstić information content (AvgIpc) is 2.14. The Labute approximate surface area is 106 Å². The zero-order valence-corrected chi connectivity index (χ0v) is 11.5. The van der Waals surface area contributed by atoms with Gasteiger partial charge in [-0.25, -0.2) is 0 Å². The van der Waals surface area contributed by atoms with E-state index in [1.54, 1.807) is 0 Å². The molecule has 0 spiro atoms. The molecule has 0 saturated heterocycles. The van der Waals surface area contributed by atoms with E-state index in [9.17, 15) is 0 Å². The summed E-state index contributed by atoms with van der Waals surface area (Å²) in [6, 6.07) is 6.11. The van der Waals surface area contributed by atoms with Gasteiger partial charge in [0.25, 0.3) is 0 Å². The molecule has 1 rings (SSSR count). The fraction of sp³-hybridized carbons (Fsp3) is 0.500. The smallest absolute Gasteiger partial charge is 0.0574 e. The highest BCUT2D eigenvalue weighted by Crippen LogP contribution is 2.20. The lowest BCUT2D eigenvalue weighted by Gasteiger charge is -2.10. The number of nitrogens with two attached hydrogens (primary N) is 1. The topological polar surface area (TPSA) is 38.0 Å². The number of nitrogen functional groups attached to an aromatic ring is 1. The Bertz CT molecular complexity index is 310. The summed E-state index contributed by atoms with van der Waals surface area (Å²) in [6.07, 6.45) is 2.46. The summed E-state index contributed by atoms with van der Waals surface area (Å²) >= 11 is 2.27. The molecular weight excluding hydrogens is 299 g/mol. The molecule has 0 heterocycles. The molecule has 0 atom stereocenters. The molecule has 1 aromatic rings. The summed E-state index contributed by atoms with van der Waals surface area (Å²) < 4.78 is 1.18. The van der Waals surface area contributed by atoms with Crippen molar-refractivity contribution in [1.29, 1.82) is 0 Å². The van der Waals surface area contributed by atoms with Gasteiger partial charge in [0.1, 0.15) is 0 Å². The molecular formula is C12H19IN2. The van der Waals surface area contributed by atoms with Gasteiger partial charge in [0.15, 0.2) is 0 Å². The molecule has 84 valence electrons. The first-order chi connectivity index (χ1) is 7.09. The Morgan fingerprint density at radius 2 is 2.13 bits per heavy atom. The van der Waals surface area contributed by atoms with Gasteiger partial charge < -0.3 is 11.1 Å². The van der Waals surface area contributed by atoms with Crippen molar-refractivity contribution in [3.63, 3.8) is 0 Å². The molecule has 0 aliphatic rings. The van der Waals surface area contributed by atoms with Gasteiger partial charge in [-0.15, -0.1) is 0 Å². The molecule has 0 amide bonds. The molecule has 0 aromatic heterocycles. The van der Waals surface area contributed by atoms with Crippen LogP contribution in [-0.4, -0.2) is 6.54 Å². The van der Waals surface area contributed by atoms with Crippen LogP contribution in [0.3, 0.4) is 0 Å². The summed E-state index contributed by atoms with van der Waals surface area (Å²) in [5.74, 6) is 0.779. The van der Waals surface area contributed by atoms with Gasteiger partial charge in [-0.05, 0) is 59.5 Å². The highest BCUT2D eigenvalue weighted by atomic mass is 127. The van der Waals surface area contributed by atoms with Gasteiger partial charge in [-0.3, -0.25) is 0 Å². The lowest BCUT2D eigenvalue weighted by Crippen LogP contribution is -2.05. The van der Waals surface area contributed by atoms with E-state index >= 15 is 0 Å². The van der Waals surface area contributed by atoms with Crippen LogP contribution in [0.1, 0.15) is 26.7 Å². The number of hydrogen-bond donors (Lipinski definition) is 2. The van der Waals surface area contributed by atoms with Gasteiger partial charge in [0, 0.05) is 10.1 Å². The van der Waals surface area contributed by atoms with E-state index in [-0.39, 0.29) is 0 Å². The quantitative estimate of drug-likeness (QED) is 0.493. The van der Waals surface area contributed by atoms with Crippen molar-refractivity contribution in [3.05, 3.63) is 21.8 Å². The number of anilines is 2. The van der Waals surface area contributed by atoms with E-state index in [1.807, 2.05) is 12.1 Å². The lowest BCUT2D eigenvalue weighted by atomic mass is 10.1. The minimum absolute atomic E-state index is 0.779. The maximum Gasteiger partial charge on any atom is 0.0574 e. The third-order valence-corrected chi connectivity index (χ3v) is 2.96. The van der Waals surface area contributed by atoms with Crippen LogP contribution in [0, 0.1) is 9.49 Å². The van der Waals surface area contributed by atoms with E-state index in [2.05, 4.69) is 47.8 Å². The fourth-order valence-electron chi connectivity index (χ4n) is 1.43. The third kappa shape index (κ3) is 4.73. The predicted molar refractivity (Wildman–Crippen MR) is 76.1 cm³/mol. The minimum atomic E-state index is 0.779. The van der Waals surface area contributed by atoms with Crippen LogP contribution < -0.4 is 11.1 Å². The Morgan fingerprint density at radius 3 is 2.73 bits per heavy atom. The Morgan fingerprint density at radius 1 is 1.40 bits per heavy atom. The van der Waals surface area contributed by atoms with Gasteiger partial charge in [-0.2, -0.15) is 0 Å². The van der Waals surface area contributed by atoms with Crippen molar-refractivity contribution in [2.45, 2.75) is 26.7 Å². The molecule has 3 N–H and O–H groups in total. The lowest BCUT2D eigenvalue weighted by molar-refractivity contribution is 0.567. The average molecular weight is 318 g/mol. The highest BCUT2D eigenvalue weighted by Gasteiger charge is 1.99. The molecule has 0 saturated carbocycles. The maximum atomic E-state index is 5.90. The first-order valence-electron chi connectivity index (χ1n) is 5.38. The number of benzene rings is 1.